The highest BCUT2D eigenvalue weighted by atomic mass is 32.1. The van der Waals surface area contributed by atoms with Gasteiger partial charge in [-0.1, -0.05) is 38.8 Å². The standard InChI is InChI=1S/C22H28N2O4S/c1-14-7-6-9-19(15(14)2)24-21(25)12-28-22(26)18-8-4-5-10-20(18)27-11-17-13-29-16(3)23-17/h4-5,8,10,13-15,19H,6-7,9,11-12H2,1-3H3,(H,24,25)/t14-,15+,19-/m1/s1. The summed E-state index contributed by atoms with van der Waals surface area (Å²) in [6.45, 7) is 6.28. The van der Waals surface area contributed by atoms with E-state index in [1.165, 1.54) is 6.42 Å². The number of hydrogen-bond donors (Lipinski definition) is 1. The molecule has 0 saturated heterocycles. The number of benzene rings is 1. The second-order valence-electron chi connectivity index (χ2n) is 7.66. The molecule has 1 fully saturated rings. The Morgan fingerprint density at radius 3 is 2.79 bits per heavy atom. The average molecular weight is 417 g/mol. The summed E-state index contributed by atoms with van der Waals surface area (Å²) in [5, 5.41) is 5.90. The predicted octanol–water partition coefficient (Wildman–Crippen LogP) is 4.13. The van der Waals surface area contributed by atoms with Crippen LogP contribution in [-0.4, -0.2) is 29.5 Å². The largest absolute Gasteiger partial charge is 0.486 e. The average Bonchev–Trinajstić information content (AvgIpc) is 3.13. The van der Waals surface area contributed by atoms with Gasteiger partial charge in [-0.25, -0.2) is 9.78 Å². The Hall–Kier alpha value is -2.41. The van der Waals surface area contributed by atoms with Crippen LogP contribution in [0, 0.1) is 18.8 Å². The summed E-state index contributed by atoms with van der Waals surface area (Å²) in [6.07, 6.45) is 3.28. The number of aromatic nitrogens is 1. The fourth-order valence-corrected chi connectivity index (χ4v) is 4.23. The normalized spacial score (nSPS) is 21.4. The van der Waals surface area contributed by atoms with Crippen molar-refractivity contribution in [3.05, 3.63) is 45.9 Å². The summed E-state index contributed by atoms with van der Waals surface area (Å²) < 4.78 is 11.0. The van der Waals surface area contributed by atoms with Crippen molar-refractivity contribution in [2.45, 2.75) is 52.7 Å². The third-order valence-corrected chi connectivity index (χ3v) is 6.36. The molecule has 3 atom stereocenters. The Morgan fingerprint density at radius 2 is 2.03 bits per heavy atom. The lowest BCUT2D eigenvalue weighted by molar-refractivity contribution is -0.125. The van der Waals surface area contributed by atoms with E-state index in [0.717, 1.165) is 23.5 Å². The van der Waals surface area contributed by atoms with Gasteiger partial charge in [0.2, 0.25) is 0 Å². The van der Waals surface area contributed by atoms with E-state index in [9.17, 15) is 9.59 Å². The van der Waals surface area contributed by atoms with Gasteiger partial charge in [-0.05, 0) is 37.3 Å². The lowest BCUT2D eigenvalue weighted by Crippen LogP contribution is -2.45. The molecule has 0 bridgehead atoms. The number of hydrogen-bond acceptors (Lipinski definition) is 6. The van der Waals surface area contributed by atoms with E-state index < -0.39 is 5.97 Å². The smallest absolute Gasteiger partial charge is 0.342 e. The van der Waals surface area contributed by atoms with E-state index in [1.807, 2.05) is 12.3 Å². The van der Waals surface area contributed by atoms with Crippen molar-refractivity contribution in [3.63, 3.8) is 0 Å². The van der Waals surface area contributed by atoms with Gasteiger partial charge in [-0.2, -0.15) is 0 Å². The van der Waals surface area contributed by atoms with E-state index in [2.05, 4.69) is 24.1 Å². The summed E-state index contributed by atoms with van der Waals surface area (Å²) in [4.78, 5) is 29.1. The Balaban J connectivity index is 1.53. The molecule has 3 rings (SSSR count). The minimum atomic E-state index is -0.574. The van der Waals surface area contributed by atoms with E-state index in [1.54, 1.807) is 35.6 Å². The molecule has 1 saturated carbocycles. The number of ether oxygens (including phenoxy) is 2. The van der Waals surface area contributed by atoms with E-state index in [4.69, 9.17) is 9.47 Å². The molecule has 0 aliphatic heterocycles. The quantitative estimate of drug-likeness (QED) is 0.687. The molecule has 29 heavy (non-hydrogen) atoms. The lowest BCUT2D eigenvalue weighted by atomic mass is 9.78. The minimum Gasteiger partial charge on any atom is -0.486 e. The first-order chi connectivity index (χ1) is 13.9. The van der Waals surface area contributed by atoms with Gasteiger partial charge in [0.05, 0.1) is 10.7 Å². The molecule has 1 aromatic carbocycles. The molecular formula is C22H28N2O4S. The van der Waals surface area contributed by atoms with Crippen LogP contribution in [0.3, 0.4) is 0 Å². The summed E-state index contributed by atoms with van der Waals surface area (Å²) in [7, 11) is 0. The molecule has 1 heterocycles. The van der Waals surface area contributed by atoms with Gasteiger partial charge in [-0.15, -0.1) is 11.3 Å². The first-order valence-corrected chi connectivity index (χ1v) is 10.9. The van der Waals surface area contributed by atoms with Gasteiger partial charge in [-0.3, -0.25) is 4.79 Å². The highest BCUT2D eigenvalue weighted by Crippen LogP contribution is 2.29. The molecule has 0 unspecified atom stereocenters. The number of carbonyl (C=O) groups is 2. The van der Waals surface area contributed by atoms with Crippen LogP contribution in [0.25, 0.3) is 0 Å². The maximum absolute atomic E-state index is 12.5. The minimum absolute atomic E-state index is 0.141. The fraction of sp³-hybridized carbons (Fsp3) is 0.500. The molecule has 0 spiro atoms. The van der Waals surface area contributed by atoms with E-state index in [0.29, 0.717) is 23.1 Å². The van der Waals surface area contributed by atoms with Crippen molar-refractivity contribution in [3.8, 4) is 5.75 Å². The maximum Gasteiger partial charge on any atom is 0.342 e. The zero-order valence-electron chi connectivity index (χ0n) is 17.1. The van der Waals surface area contributed by atoms with E-state index in [-0.39, 0.29) is 25.2 Å². The molecule has 1 aliphatic carbocycles. The van der Waals surface area contributed by atoms with Gasteiger partial charge >= 0.3 is 5.97 Å². The Morgan fingerprint density at radius 1 is 1.24 bits per heavy atom. The van der Waals surface area contributed by atoms with Gasteiger partial charge in [0.25, 0.3) is 5.91 Å². The van der Waals surface area contributed by atoms with Crippen LogP contribution in [0.2, 0.25) is 0 Å². The second kappa shape index (κ2) is 9.87. The zero-order valence-corrected chi connectivity index (χ0v) is 18.0. The van der Waals surface area contributed by atoms with Gasteiger partial charge < -0.3 is 14.8 Å². The summed E-state index contributed by atoms with van der Waals surface area (Å²) in [6, 6.07) is 7.01. The summed E-state index contributed by atoms with van der Waals surface area (Å²) in [5.74, 6) is 0.586. The number of amides is 1. The predicted molar refractivity (Wildman–Crippen MR) is 112 cm³/mol. The van der Waals surface area contributed by atoms with Crippen LogP contribution in [0.15, 0.2) is 29.6 Å². The molecule has 1 aliphatic rings. The molecule has 1 aromatic heterocycles. The number of para-hydroxylation sites is 1. The number of esters is 1. The first kappa shape index (κ1) is 21.3. The van der Waals surface area contributed by atoms with Crippen LogP contribution in [0.4, 0.5) is 0 Å². The number of nitrogens with zero attached hydrogens (tertiary/aromatic N) is 1. The Kier molecular flexibility index (Phi) is 7.25. The molecule has 1 amide bonds. The van der Waals surface area contributed by atoms with Gasteiger partial charge in [0.1, 0.15) is 17.9 Å². The monoisotopic (exact) mass is 416 g/mol. The highest BCUT2D eigenvalue weighted by Gasteiger charge is 2.28. The van der Waals surface area contributed by atoms with Crippen LogP contribution in [0.5, 0.6) is 5.75 Å². The first-order valence-electron chi connectivity index (χ1n) is 10.0. The van der Waals surface area contributed by atoms with Gasteiger partial charge in [0, 0.05) is 11.4 Å². The topological polar surface area (TPSA) is 77.5 Å². The number of aryl methyl sites for hydroxylation is 1. The fourth-order valence-electron chi connectivity index (χ4n) is 3.63. The molecule has 156 valence electrons. The van der Waals surface area contributed by atoms with Crippen molar-refractivity contribution in [1.29, 1.82) is 0 Å². The number of carbonyl (C=O) groups excluding carboxylic acids is 2. The third kappa shape index (κ3) is 5.79. The van der Waals surface area contributed by atoms with Crippen LogP contribution >= 0.6 is 11.3 Å². The number of nitrogens with one attached hydrogen (secondary N) is 1. The maximum atomic E-state index is 12.5. The lowest BCUT2D eigenvalue weighted by Gasteiger charge is -2.34. The van der Waals surface area contributed by atoms with E-state index >= 15 is 0 Å². The van der Waals surface area contributed by atoms with Crippen molar-refractivity contribution in [2.75, 3.05) is 6.61 Å². The Labute approximate surface area is 175 Å². The van der Waals surface area contributed by atoms with Gasteiger partial charge in [0.15, 0.2) is 6.61 Å². The van der Waals surface area contributed by atoms with Crippen molar-refractivity contribution in [2.24, 2.45) is 11.8 Å². The molecule has 2 aromatic rings. The number of thiazole rings is 1. The summed E-state index contributed by atoms with van der Waals surface area (Å²) >= 11 is 1.55. The van der Waals surface area contributed by atoms with Crippen molar-refractivity contribution < 1.29 is 19.1 Å². The second-order valence-corrected chi connectivity index (χ2v) is 8.72. The Bertz CT molecular complexity index is 851. The SMILES string of the molecule is Cc1nc(COc2ccccc2C(=O)OCC(=O)N[C@@H]2CCC[C@@H](C)[C@@H]2C)cs1. The molecule has 7 heteroatoms. The number of rotatable bonds is 7. The zero-order chi connectivity index (χ0) is 20.8. The molecular weight excluding hydrogens is 388 g/mol. The highest BCUT2D eigenvalue weighted by molar-refractivity contribution is 7.09. The summed E-state index contributed by atoms with van der Waals surface area (Å²) in [5.41, 5.74) is 1.11. The molecule has 0 radical (unpaired) electrons. The van der Waals surface area contributed by atoms with Crippen LogP contribution in [-0.2, 0) is 16.1 Å². The van der Waals surface area contributed by atoms with Crippen LogP contribution in [0.1, 0.15) is 54.2 Å². The third-order valence-electron chi connectivity index (χ3n) is 5.54. The molecule has 1 N–H and O–H groups in total. The van der Waals surface area contributed by atoms with Crippen molar-refractivity contribution >= 4 is 23.2 Å². The molecule has 6 nitrogen and oxygen atoms in total. The van der Waals surface area contributed by atoms with Crippen molar-refractivity contribution in [1.82, 2.24) is 10.3 Å². The van der Waals surface area contributed by atoms with Crippen LogP contribution < -0.4 is 10.1 Å².